The van der Waals surface area contributed by atoms with E-state index in [0.29, 0.717) is 5.46 Å². The molecule has 2 rings (SSSR count). The van der Waals surface area contributed by atoms with Crippen molar-refractivity contribution < 1.29 is 10.0 Å². The lowest BCUT2D eigenvalue weighted by Gasteiger charge is -2.07. The van der Waals surface area contributed by atoms with Crippen LogP contribution in [0.3, 0.4) is 0 Å². The second kappa shape index (κ2) is 4.09. The zero-order valence-electron chi connectivity index (χ0n) is 8.72. The lowest BCUT2D eigenvalue weighted by molar-refractivity contribution is 0.426. The molecule has 1 aromatic carbocycles. The van der Waals surface area contributed by atoms with E-state index in [1.54, 1.807) is 6.07 Å². The molecule has 0 saturated heterocycles. The Morgan fingerprint density at radius 1 is 1.27 bits per heavy atom. The van der Waals surface area contributed by atoms with Crippen LogP contribution in [0.25, 0.3) is 10.9 Å². The fraction of sp³-hybridized carbons (Fsp3) is 0.273. The highest BCUT2D eigenvalue weighted by Crippen LogP contribution is 2.14. The predicted octanol–water partition coefficient (Wildman–Crippen LogP) is 0.731. The standard InChI is InChI=1S/C11H14BNO2/c1-2-7-13-8-6-9-4-3-5-10(11(9)13)12(14)15/h3-6,8,14-15H,2,7H2,1H3. The van der Waals surface area contributed by atoms with Crippen LogP contribution >= 0.6 is 0 Å². The van der Waals surface area contributed by atoms with Gasteiger partial charge in [0.2, 0.25) is 0 Å². The number of benzene rings is 1. The summed E-state index contributed by atoms with van der Waals surface area (Å²) in [6.45, 7) is 3.00. The zero-order chi connectivity index (χ0) is 10.8. The Bertz CT molecular complexity index is 465. The summed E-state index contributed by atoms with van der Waals surface area (Å²) in [6.07, 6.45) is 3.01. The van der Waals surface area contributed by atoms with E-state index in [1.807, 2.05) is 24.4 Å². The van der Waals surface area contributed by atoms with Crippen LogP contribution in [-0.2, 0) is 6.54 Å². The smallest absolute Gasteiger partial charge is 0.423 e. The Hall–Kier alpha value is -1.26. The van der Waals surface area contributed by atoms with Crippen LogP contribution in [0.1, 0.15) is 13.3 Å². The second-order valence-electron chi connectivity index (χ2n) is 3.67. The molecule has 0 atom stereocenters. The van der Waals surface area contributed by atoms with Crippen molar-refractivity contribution >= 4 is 23.5 Å². The predicted molar refractivity (Wildman–Crippen MR) is 62.1 cm³/mol. The third-order valence-electron chi connectivity index (χ3n) is 2.56. The van der Waals surface area contributed by atoms with E-state index in [4.69, 9.17) is 0 Å². The van der Waals surface area contributed by atoms with E-state index in [1.165, 1.54) is 0 Å². The Kier molecular flexibility index (Phi) is 2.80. The minimum Gasteiger partial charge on any atom is -0.423 e. The van der Waals surface area contributed by atoms with Crippen molar-refractivity contribution in [2.24, 2.45) is 0 Å². The summed E-state index contributed by atoms with van der Waals surface area (Å²) in [4.78, 5) is 0. The molecule has 0 fully saturated rings. The van der Waals surface area contributed by atoms with Crippen molar-refractivity contribution in [3.05, 3.63) is 30.5 Å². The van der Waals surface area contributed by atoms with Crippen molar-refractivity contribution in [1.29, 1.82) is 0 Å². The molecule has 3 nitrogen and oxygen atoms in total. The largest absolute Gasteiger partial charge is 0.490 e. The van der Waals surface area contributed by atoms with Gasteiger partial charge in [0.15, 0.2) is 0 Å². The molecule has 0 saturated carbocycles. The Labute approximate surface area is 89.1 Å². The van der Waals surface area contributed by atoms with Gasteiger partial charge in [-0.2, -0.15) is 0 Å². The van der Waals surface area contributed by atoms with Gasteiger partial charge in [0.1, 0.15) is 0 Å². The number of fused-ring (bicyclic) bond motifs is 1. The van der Waals surface area contributed by atoms with Gasteiger partial charge in [0.05, 0.1) is 0 Å². The first-order valence-corrected chi connectivity index (χ1v) is 5.18. The molecular weight excluding hydrogens is 189 g/mol. The molecule has 2 N–H and O–H groups in total. The average Bonchev–Trinajstić information content (AvgIpc) is 2.62. The molecule has 15 heavy (non-hydrogen) atoms. The van der Waals surface area contributed by atoms with Crippen LogP contribution in [0.5, 0.6) is 0 Å². The fourth-order valence-electron chi connectivity index (χ4n) is 1.93. The molecule has 0 aliphatic rings. The quantitative estimate of drug-likeness (QED) is 0.722. The lowest BCUT2D eigenvalue weighted by atomic mass is 9.79. The van der Waals surface area contributed by atoms with Gasteiger partial charge in [-0.3, -0.25) is 0 Å². The van der Waals surface area contributed by atoms with Crippen molar-refractivity contribution in [2.75, 3.05) is 0 Å². The first-order valence-electron chi connectivity index (χ1n) is 5.18. The number of rotatable bonds is 3. The number of hydrogen-bond acceptors (Lipinski definition) is 2. The molecule has 4 heteroatoms. The minimum absolute atomic E-state index is 0.575. The van der Waals surface area contributed by atoms with Crippen LogP contribution in [0.2, 0.25) is 0 Å². The summed E-state index contributed by atoms with van der Waals surface area (Å²) in [5.74, 6) is 0. The number of hydrogen-bond donors (Lipinski definition) is 2. The molecule has 78 valence electrons. The first kappa shape index (κ1) is 10.3. The van der Waals surface area contributed by atoms with E-state index in [-0.39, 0.29) is 0 Å². The molecule has 1 heterocycles. The molecule has 0 aliphatic carbocycles. The van der Waals surface area contributed by atoms with E-state index >= 15 is 0 Å². The molecule has 0 spiro atoms. The van der Waals surface area contributed by atoms with E-state index in [0.717, 1.165) is 23.9 Å². The molecule has 0 unspecified atom stereocenters. The van der Waals surface area contributed by atoms with Gasteiger partial charge in [0.25, 0.3) is 0 Å². The maximum absolute atomic E-state index is 9.27. The second-order valence-corrected chi connectivity index (χ2v) is 3.67. The Balaban J connectivity index is 2.63. The molecule has 1 aromatic heterocycles. The number of nitrogens with zero attached hydrogens (tertiary/aromatic N) is 1. The highest BCUT2D eigenvalue weighted by atomic mass is 16.4. The highest BCUT2D eigenvalue weighted by molar-refractivity contribution is 6.61. The Morgan fingerprint density at radius 3 is 2.73 bits per heavy atom. The molecule has 2 aromatic rings. The van der Waals surface area contributed by atoms with Crippen LogP contribution < -0.4 is 5.46 Å². The third kappa shape index (κ3) is 1.78. The number of aryl methyl sites for hydroxylation is 1. The first-order chi connectivity index (χ1) is 7.24. The third-order valence-corrected chi connectivity index (χ3v) is 2.56. The molecule has 0 radical (unpaired) electrons. The summed E-state index contributed by atoms with van der Waals surface area (Å²) < 4.78 is 2.06. The van der Waals surface area contributed by atoms with Crippen LogP contribution in [0.4, 0.5) is 0 Å². The average molecular weight is 203 g/mol. The topological polar surface area (TPSA) is 45.4 Å². The highest BCUT2D eigenvalue weighted by Gasteiger charge is 2.16. The number of aromatic nitrogens is 1. The molecule has 0 amide bonds. The maximum Gasteiger partial charge on any atom is 0.490 e. The van der Waals surface area contributed by atoms with E-state index < -0.39 is 7.12 Å². The van der Waals surface area contributed by atoms with Gasteiger partial charge < -0.3 is 14.6 Å². The van der Waals surface area contributed by atoms with Gasteiger partial charge in [0, 0.05) is 23.7 Å². The summed E-state index contributed by atoms with van der Waals surface area (Å²) in [5.41, 5.74) is 1.50. The van der Waals surface area contributed by atoms with Crippen LogP contribution in [0.15, 0.2) is 30.5 Å². The maximum atomic E-state index is 9.27. The van der Waals surface area contributed by atoms with E-state index in [9.17, 15) is 10.0 Å². The van der Waals surface area contributed by atoms with Crippen molar-refractivity contribution in [3.8, 4) is 0 Å². The van der Waals surface area contributed by atoms with Gasteiger partial charge in [-0.05, 0) is 17.9 Å². The monoisotopic (exact) mass is 203 g/mol. The summed E-state index contributed by atoms with van der Waals surface area (Å²) in [5, 5.41) is 19.6. The number of para-hydroxylation sites is 1. The Morgan fingerprint density at radius 2 is 2.07 bits per heavy atom. The minimum atomic E-state index is -1.40. The lowest BCUT2D eigenvalue weighted by Crippen LogP contribution is -2.31. The van der Waals surface area contributed by atoms with Gasteiger partial charge in [-0.25, -0.2) is 0 Å². The van der Waals surface area contributed by atoms with Crippen molar-refractivity contribution in [2.45, 2.75) is 19.9 Å². The zero-order valence-corrected chi connectivity index (χ0v) is 8.72. The van der Waals surface area contributed by atoms with E-state index in [2.05, 4.69) is 11.5 Å². The van der Waals surface area contributed by atoms with Gasteiger partial charge >= 0.3 is 7.12 Å². The molecular formula is C11H14BNO2. The summed E-state index contributed by atoms with van der Waals surface area (Å²) in [6, 6.07) is 7.57. The fourth-order valence-corrected chi connectivity index (χ4v) is 1.93. The molecule has 0 aliphatic heterocycles. The van der Waals surface area contributed by atoms with Crippen molar-refractivity contribution in [3.63, 3.8) is 0 Å². The van der Waals surface area contributed by atoms with Crippen molar-refractivity contribution in [1.82, 2.24) is 4.57 Å². The van der Waals surface area contributed by atoms with Gasteiger partial charge in [-0.15, -0.1) is 0 Å². The summed E-state index contributed by atoms with van der Waals surface area (Å²) in [7, 11) is -1.40. The molecule has 0 bridgehead atoms. The summed E-state index contributed by atoms with van der Waals surface area (Å²) >= 11 is 0. The van der Waals surface area contributed by atoms with Gasteiger partial charge in [-0.1, -0.05) is 25.1 Å². The van der Waals surface area contributed by atoms with Crippen LogP contribution in [-0.4, -0.2) is 21.7 Å². The normalized spacial score (nSPS) is 10.9. The van der Waals surface area contributed by atoms with Crippen LogP contribution in [0, 0.1) is 0 Å². The SMILES string of the molecule is CCCn1ccc2cccc(B(O)O)c21.